The molecular weight excluding hydrogens is 844 g/mol. The first-order chi connectivity index (χ1) is 28.3. The van der Waals surface area contributed by atoms with Gasteiger partial charge in [0.2, 0.25) is 0 Å². The molecule has 9 aliphatic carbocycles. The molecule has 0 bridgehead atoms. The molecule has 9 rings (SSSR count). The molecule has 0 N–H and O–H groups in total. The summed E-state index contributed by atoms with van der Waals surface area (Å²) in [7, 11) is -0.140. The van der Waals surface area contributed by atoms with E-state index in [1.54, 1.807) is 289 Å². The first-order valence-corrected chi connectivity index (χ1v) is 33.1. The Labute approximate surface area is 380 Å². The third-order valence-electron chi connectivity index (χ3n) is 18.7. The van der Waals surface area contributed by atoms with Crippen molar-refractivity contribution in [3.05, 3.63) is 0 Å². The minimum atomic E-state index is -0.0465. The van der Waals surface area contributed by atoms with E-state index < -0.39 is 0 Å². The summed E-state index contributed by atoms with van der Waals surface area (Å²) in [6.45, 7) is 0. The van der Waals surface area contributed by atoms with Gasteiger partial charge < -0.3 is 0 Å². The zero-order chi connectivity index (χ0) is 38.7. The largest absolute Gasteiger partial charge is 0.0680 e. The fraction of sp³-hybridized carbons (Fsp3) is 1.00. The molecule has 0 aromatic rings. The van der Waals surface area contributed by atoms with Gasteiger partial charge in [-0.3, -0.25) is 0 Å². The van der Waals surface area contributed by atoms with Gasteiger partial charge in [-0.2, -0.15) is 0 Å². The summed E-state index contributed by atoms with van der Waals surface area (Å²) in [6, 6.07) is 0. The smallest absolute Gasteiger partial charge is 0.0530 e. The molecule has 339 valence electrons. The van der Waals surface area contributed by atoms with E-state index in [2.05, 4.69) is 0 Å². The van der Waals surface area contributed by atoms with Gasteiger partial charge in [-0.05, 0) is 231 Å². The Hall–Kier alpha value is 1.91. The van der Waals surface area contributed by atoms with E-state index in [1.807, 2.05) is 0 Å². The number of hydrogen-bond acceptors (Lipinski definition) is 0. The third-order valence-corrected chi connectivity index (χ3v) is 32.4. The average Bonchev–Trinajstić information content (AvgIpc) is 3.30. The van der Waals surface area contributed by atoms with Crippen molar-refractivity contribution in [2.45, 2.75) is 340 Å². The molecule has 0 spiro atoms. The van der Waals surface area contributed by atoms with Crippen molar-refractivity contribution >= 4 is 23.8 Å². The summed E-state index contributed by atoms with van der Waals surface area (Å²) < 4.78 is 0. The van der Waals surface area contributed by atoms with Crippen molar-refractivity contribution in [3.63, 3.8) is 0 Å². The van der Waals surface area contributed by atoms with E-state index in [9.17, 15) is 0 Å². The van der Waals surface area contributed by atoms with E-state index in [1.165, 1.54) is 50.9 Å². The quantitative estimate of drug-likeness (QED) is 0.160. The maximum Gasteiger partial charge on any atom is 0.0680 e. The number of hydrogen-bond donors (Lipinski definition) is 0. The molecule has 4 heteroatoms. The second-order valence-electron chi connectivity index (χ2n) is 22.5. The summed E-state index contributed by atoms with van der Waals surface area (Å²) >= 11 is 0. The van der Waals surface area contributed by atoms with Crippen molar-refractivity contribution in [2.75, 3.05) is 0 Å². The molecule has 0 aliphatic heterocycles. The van der Waals surface area contributed by atoms with Gasteiger partial charge in [-0.1, -0.05) is 57.8 Å². The molecule has 0 saturated heterocycles. The molecular formula is C54H102P3Rh+3. The van der Waals surface area contributed by atoms with Crippen LogP contribution in [0.3, 0.4) is 0 Å². The van der Waals surface area contributed by atoms with E-state index in [4.69, 9.17) is 0 Å². The molecule has 0 atom stereocenters. The topological polar surface area (TPSA) is 0 Å². The van der Waals surface area contributed by atoms with Crippen LogP contribution in [0, 0.1) is 0 Å². The van der Waals surface area contributed by atoms with Crippen LogP contribution in [-0.2, 0) is 19.5 Å². The Morgan fingerprint density at radius 3 is 0.310 bits per heavy atom. The molecule has 9 aliphatic rings. The van der Waals surface area contributed by atoms with Crippen molar-refractivity contribution in [2.24, 2.45) is 0 Å². The molecule has 0 aromatic carbocycles. The summed E-state index contributed by atoms with van der Waals surface area (Å²) in [4.78, 5) is 0. The fourth-order valence-corrected chi connectivity index (χ4v) is 31.6. The normalized spacial score (nSPS) is 28.4. The van der Waals surface area contributed by atoms with Gasteiger partial charge in [0, 0.05) is 43.2 Å². The maximum atomic E-state index is 1.63. The van der Waals surface area contributed by atoms with Gasteiger partial charge in [0.1, 0.15) is 0 Å². The van der Waals surface area contributed by atoms with Crippen LogP contribution in [0.15, 0.2) is 0 Å². The summed E-state index contributed by atoms with van der Waals surface area (Å²) in [5.41, 5.74) is 11.0. The molecule has 9 fully saturated rings. The van der Waals surface area contributed by atoms with Gasteiger partial charge in [0.25, 0.3) is 0 Å². The number of rotatable bonds is 9. The zero-order valence-electron chi connectivity index (χ0n) is 38.8. The van der Waals surface area contributed by atoms with Crippen LogP contribution in [0.5, 0.6) is 0 Å². The van der Waals surface area contributed by atoms with Crippen molar-refractivity contribution < 1.29 is 19.5 Å². The van der Waals surface area contributed by atoms with E-state index in [-0.39, 0.29) is 43.2 Å². The first-order valence-electron chi connectivity index (χ1n) is 27.9. The zero-order valence-corrected chi connectivity index (χ0v) is 43.5. The van der Waals surface area contributed by atoms with E-state index in [0.717, 1.165) is 0 Å². The molecule has 0 nitrogen and oxygen atoms in total. The molecule has 0 unspecified atom stereocenters. The van der Waals surface area contributed by atoms with Crippen LogP contribution in [0.4, 0.5) is 0 Å². The third kappa shape index (κ3) is 15.5. The SMILES string of the molecule is C1CCC([PH+](C2CCCCC2)C2CCCCC2)CC1.C1CCC([PH+](C2CCCCC2)C2CCCCC2)CC1.C1CCC([PH+](C2CCCCC2)C2CCCCC2)CC1.[Rh]. The molecule has 9 saturated carbocycles. The van der Waals surface area contributed by atoms with Gasteiger partial charge in [-0.15, -0.1) is 0 Å². The van der Waals surface area contributed by atoms with Crippen molar-refractivity contribution in [3.8, 4) is 0 Å². The standard InChI is InChI=1S/3C18H33P.Rh/c3*1-4-10-16(11-5-1)19(17-12-6-2-7-13-17)18-14-8-3-9-15-18;/h3*16-18H,1-15H2;/p+3. The fourth-order valence-electron chi connectivity index (χ4n) is 15.9. The van der Waals surface area contributed by atoms with Crippen LogP contribution in [0.25, 0.3) is 0 Å². The van der Waals surface area contributed by atoms with Gasteiger partial charge in [0.05, 0.1) is 50.9 Å². The monoisotopic (exact) mass is 947 g/mol. The molecule has 0 heterocycles. The van der Waals surface area contributed by atoms with E-state index in [0.29, 0.717) is 0 Å². The molecule has 0 amide bonds. The summed E-state index contributed by atoms with van der Waals surface area (Å²) in [5, 5.41) is 0. The average molecular weight is 947 g/mol. The second kappa shape index (κ2) is 28.7. The van der Waals surface area contributed by atoms with Crippen LogP contribution >= 0.6 is 23.8 Å². The van der Waals surface area contributed by atoms with Gasteiger partial charge >= 0.3 is 0 Å². The Kier molecular flexibility index (Phi) is 24.5. The maximum absolute atomic E-state index is 1.63. The van der Waals surface area contributed by atoms with Crippen LogP contribution in [0.2, 0.25) is 0 Å². The second-order valence-corrected chi connectivity index (χ2v) is 32.9. The first kappa shape index (κ1) is 49.3. The predicted octanol–water partition coefficient (Wildman–Crippen LogP) is 18.6. The Bertz CT molecular complexity index is 741. The minimum Gasteiger partial charge on any atom is -0.0530 e. The van der Waals surface area contributed by atoms with Crippen LogP contribution in [-0.4, -0.2) is 50.9 Å². The summed E-state index contributed by atoms with van der Waals surface area (Å²) in [6.07, 6.45) is 71.4. The minimum absolute atomic E-state index is 0. The molecule has 58 heavy (non-hydrogen) atoms. The Morgan fingerprint density at radius 1 is 0.138 bits per heavy atom. The van der Waals surface area contributed by atoms with Gasteiger partial charge in [0.15, 0.2) is 0 Å². The van der Waals surface area contributed by atoms with E-state index >= 15 is 0 Å². The Balaban J connectivity index is 0.000000145. The summed E-state index contributed by atoms with van der Waals surface area (Å²) in [5.74, 6) is 0. The van der Waals surface area contributed by atoms with Crippen molar-refractivity contribution in [1.82, 2.24) is 0 Å². The molecule has 1 radical (unpaired) electrons. The van der Waals surface area contributed by atoms with Crippen molar-refractivity contribution in [1.29, 1.82) is 0 Å². The van der Waals surface area contributed by atoms with Crippen LogP contribution in [0.1, 0.15) is 289 Å². The predicted molar refractivity (Wildman–Crippen MR) is 267 cm³/mol. The Morgan fingerprint density at radius 2 is 0.224 bits per heavy atom. The van der Waals surface area contributed by atoms with Gasteiger partial charge in [-0.25, -0.2) is 0 Å². The van der Waals surface area contributed by atoms with Crippen LogP contribution < -0.4 is 0 Å². The molecule has 0 aromatic heterocycles.